The van der Waals surface area contributed by atoms with Gasteiger partial charge in [-0.3, -0.25) is 4.79 Å². The summed E-state index contributed by atoms with van der Waals surface area (Å²) in [6, 6.07) is 3.50. The number of aliphatic hydroxyl groups is 1. The molecular formula is C12H20N6O2. The highest BCUT2D eigenvalue weighted by atomic mass is 16.3. The summed E-state index contributed by atoms with van der Waals surface area (Å²) >= 11 is 0. The number of rotatable bonds is 6. The summed E-state index contributed by atoms with van der Waals surface area (Å²) in [5, 5.41) is 15.5. The molecule has 8 nitrogen and oxygen atoms in total. The molecule has 2 rings (SSSR count). The maximum Gasteiger partial charge on any atom is 0.208 e. The molecule has 2 atom stereocenters. The Balaban J connectivity index is 2.21. The van der Waals surface area contributed by atoms with Gasteiger partial charge in [0.2, 0.25) is 6.41 Å². The first-order chi connectivity index (χ1) is 9.67. The number of nitrogen functional groups attached to an aromatic ring is 1. The minimum atomic E-state index is -0.611. The topological polar surface area (TPSA) is 130 Å². The molecule has 0 saturated carbocycles. The van der Waals surface area contributed by atoms with E-state index in [9.17, 15) is 9.90 Å². The van der Waals surface area contributed by atoms with E-state index in [2.05, 4.69) is 15.6 Å². The fraction of sp³-hybridized carbons (Fsp3) is 0.500. The van der Waals surface area contributed by atoms with Crippen LogP contribution in [0.25, 0.3) is 0 Å². The van der Waals surface area contributed by atoms with Crippen molar-refractivity contribution in [2.45, 2.75) is 18.7 Å². The Kier molecular flexibility index (Phi) is 4.59. The Morgan fingerprint density at radius 2 is 2.35 bits per heavy atom. The van der Waals surface area contributed by atoms with Gasteiger partial charge in [-0.05, 0) is 18.6 Å². The van der Waals surface area contributed by atoms with Crippen molar-refractivity contribution in [1.82, 2.24) is 10.3 Å². The van der Waals surface area contributed by atoms with E-state index in [4.69, 9.17) is 11.5 Å². The van der Waals surface area contributed by atoms with Crippen LogP contribution in [0.5, 0.6) is 0 Å². The van der Waals surface area contributed by atoms with E-state index in [1.807, 2.05) is 4.90 Å². The van der Waals surface area contributed by atoms with Crippen LogP contribution in [0.15, 0.2) is 12.1 Å². The van der Waals surface area contributed by atoms with Gasteiger partial charge in [0, 0.05) is 19.6 Å². The molecule has 0 bridgehead atoms. The molecule has 0 aliphatic carbocycles. The Hall–Kier alpha value is -2.06. The highest BCUT2D eigenvalue weighted by molar-refractivity contribution is 5.65. The average molecular weight is 280 g/mol. The average Bonchev–Trinajstić information content (AvgIpc) is 2.80. The molecule has 0 aromatic carbocycles. The molecule has 0 radical (unpaired) electrons. The van der Waals surface area contributed by atoms with Crippen LogP contribution >= 0.6 is 0 Å². The molecule has 1 amide bonds. The molecule has 2 heterocycles. The number of hydrogen-bond donors (Lipinski definition) is 5. The van der Waals surface area contributed by atoms with E-state index in [-0.39, 0.29) is 0 Å². The molecule has 0 spiro atoms. The number of anilines is 3. The van der Waals surface area contributed by atoms with E-state index in [1.54, 1.807) is 12.1 Å². The first-order valence-corrected chi connectivity index (χ1v) is 6.52. The van der Waals surface area contributed by atoms with Gasteiger partial charge in [0.25, 0.3) is 0 Å². The van der Waals surface area contributed by atoms with Crippen LogP contribution in [0.4, 0.5) is 17.3 Å². The van der Waals surface area contributed by atoms with Crippen molar-refractivity contribution in [2.75, 3.05) is 35.6 Å². The van der Waals surface area contributed by atoms with Gasteiger partial charge in [0.05, 0.1) is 11.8 Å². The zero-order valence-corrected chi connectivity index (χ0v) is 11.1. The highest BCUT2D eigenvalue weighted by Crippen LogP contribution is 2.26. The Bertz CT molecular complexity index is 469. The zero-order valence-electron chi connectivity index (χ0n) is 11.1. The number of amides is 1. The minimum Gasteiger partial charge on any atom is -0.396 e. The lowest BCUT2D eigenvalue weighted by Crippen LogP contribution is -2.46. The van der Waals surface area contributed by atoms with Crippen molar-refractivity contribution < 1.29 is 9.90 Å². The van der Waals surface area contributed by atoms with Gasteiger partial charge in [0.1, 0.15) is 12.0 Å². The lowest BCUT2D eigenvalue weighted by Gasteiger charge is -2.27. The third-order valence-corrected chi connectivity index (χ3v) is 3.25. The lowest BCUT2D eigenvalue weighted by atomic mass is 10.3. The van der Waals surface area contributed by atoms with Crippen LogP contribution in [0, 0.1) is 0 Å². The number of carbonyl (C=O) groups is 1. The Morgan fingerprint density at radius 1 is 1.55 bits per heavy atom. The van der Waals surface area contributed by atoms with Gasteiger partial charge in [-0.25, -0.2) is 4.98 Å². The number of pyridine rings is 1. The normalized spacial score (nSPS) is 21.8. The monoisotopic (exact) mass is 280 g/mol. The highest BCUT2D eigenvalue weighted by Gasteiger charge is 2.33. The minimum absolute atomic E-state index is 0.467. The van der Waals surface area contributed by atoms with Crippen molar-refractivity contribution in [3.63, 3.8) is 0 Å². The standard InChI is InChI=1S/C12H20N6O2/c13-4-5-15-11-8(14)1-2-10(17-11)18-6-3-9(20)12(18)16-7-19/h1-2,7,9,12,20H,3-6,13-14H2,(H,15,17)(H,16,19). The molecule has 1 saturated heterocycles. The molecule has 110 valence electrons. The smallest absolute Gasteiger partial charge is 0.208 e. The molecule has 1 aliphatic rings. The maximum atomic E-state index is 10.6. The van der Waals surface area contributed by atoms with E-state index in [0.29, 0.717) is 49.8 Å². The van der Waals surface area contributed by atoms with Gasteiger partial charge in [-0.15, -0.1) is 0 Å². The van der Waals surface area contributed by atoms with Gasteiger partial charge in [-0.1, -0.05) is 0 Å². The second-order valence-corrected chi connectivity index (χ2v) is 4.60. The SMILES string of the molecule is NCCNc1nc(N2CCC(O)C2NC=O)ccc1N. The number of nitrogens with one attached hydrogen (secondary N) is 2. The molecule has 1 aromatic rings. The fourth-order valence-corrected chi connectivity index (χ4v) is 2.26. The zero-order chi connectivity index (χ0) is 14.5. The second kappa shape index (κ2) is 6.40. The Labute approximate surface area is 117 Å². The van der Waals surface area contributed by atoms with Crippen molar-refractivity contribution in [2.24, 2.45) is 5.73 Å². The molecule has 7 N–H and O–H groups in total. The van der Waals surface area contributed by atoms with Crippen LogP contribution in [0.1, 0.15) is 6.42 Å². The summed E-state index contributed by atoms with van der Waals surface area (Å²) in [4.78, 5) is 16.9. The van der Waals surface area contributed by atoms with E-state index in [1.165, 1.54) is 0 Å². The van der Waals surface area contributed by atoms with E-state index < -0.39 is 12.3 Å². The van der Waals surface area contributed by atoms with Gasteiger partial charge in [0.15, 0.2) is 5.82 Å². The van der Waals surface area contributed by atoms with Crippen molar-refractivity contribution in [3.05, 3.63) is 12.1 Å². The molecule has 20 heavy (non-hydrogen) atoms. The molecule has 1 aliphatic heterocycles. The predicted octanol–water partition coefficient (Wildman–Crippen LogP) is -1.32. The number of aliphatic hydroxyl groups excluding tert-OH is 1. The second-order valence-electron chi connectivity index (χ2n) is 4.60. The summed E-state index contributed by atoms with van der Waals surface area (Å²) in [5.74, 6) is 1.20. The molecule has 8 heteroatoms. The van der Waals surface area contributed by atoms with Crippen LogP contribution in [-0.4, -0.2) is 48.4 Å². The van der Waals surface area contributed by atoms with Gasteiger partial charge in [-0.2, -0.15) is 0 Å². The van der Waals surface area contributed by atoms with Gasteiger partial charge < -0.3 is 32.1 Å². The summed E-state index contributed by atoms with van der Waals surface area (Å²) in [6.07, 6.45) is 0.0752. The van der Waals surface area contributed by atoms with Crippen LogP contribution < -0.4 is 27.0 Å². The molecular weight excluding hydrogens is 260 g/mol. The predicted molar refractivity (Wildman–Crippen MR) is 77.2 cm³/mol. The van der Waals surface area contributed by atoms with Crippen molar-refractivity contribution in [1.29, 1.82) is 0 Å². The van der Waals surface area contributed by atoms with E-state index in [0.717, 1.165) is 0 Å². The van der Waals surface area contributed by atoms with E-state index >= 15 is 0 Å². The number of aromatic nitrogens is 1. The number of nitrogens with two attached hydrogens (primary N) is 2. The first-order valence-electron chi connectivity index (χ1n) is 6.52. The Morgan fingerprint density at radius 3 is 3.05 bits per heavy atom. The van der Waals surface area contributed by atoms with Crippen molar-refractivity contribution >= 4 is 23.7 Å². The van der Waals surface area contributed by atoms with Gasteiger partial charge >= 0.3 is 0 Å². The number of carbonyl (C=O) groups excluding carboxylic acids is 1. The third-order valence-electron chi connectivity index (χ3n) is 3.25. The van der Waals surface area contributed by atoms with Crippen LogP contribution in [0.3, 0.4) is 0 Å². The largest absolute Gasteiger partial charge is 0.396 e. The first kappa shape index (κ1) is 14.4. The maximum absolute atomic E-state index is 10.6. The summed E-state index contributed by atoms with van der Waals surface area (Å²) in [5.41, 5.74) is 11.8. The van der Waals surface area contributed by atoms with Crippen LogP contribution in [0.2, 0.25) is 0 Å². The third kappa shape index (κ3) is 2.91. The molecule has 1 aromatic heterocycles. The number of hydrogen-bond acceptors (Lipinski definition) is 7. The number of nitrogens with zero attached hydrogens (tertiary/aromatic N) is 2. The molecule has 2 unspecified atom stereocenters. The van der Waals surface area contributed by atoms with Crippen LogP contribution in [-0.2, 0) is 4.79 Å². The summed E-state index contributed by atoms with van der Waals surface area (Å²) in [7, 11) is 0. The summed E-state index contributed by atoms with van der Waals surface area (Å²) < 4.78 is 0. The lowest BCUT2D eigenvalue weighted by molar-refractivity contribution is -0.110. The van der Waals surface area contributed by atoms with Crippen molar-refractivity contribution in [3.8, 4) is 0 Å². The summed E-state index contributed by atoms with van der Waals surface area (Å²) in [6.45, 7) is 1.66. The molecule has 1 fully saturated rings. The fourth-order valence-electron chi connectivity index (χ4n) is 2.26. The quantitative estimate of drug-likeness (QED) is 0.408.